The number of nitrogens with one attached hydrogen (secondary N) is 1. The van der Waals surface area contributed by atoms with Gasteiger partial charge in [-0.05, 0) is 51.5 Å². The van der Waals surface area contributed by atoms with Crippen LogP contribution < -0.4 is 5.43 Å². The van der Waals surface area contributed by atoms with Crippen LogP contribution in [0.1, 0.15) is 25.0 Å². The average molecular weight is 295 g/mol. The number of hydrogen-bond acceptors (Lipinski definition) is 4. The second kappa shape index (κ2) is 4.94. The van der Waals surface area contributed by atoms with E-state index in [1.54, 1.807) is 13.8 Å². The first kappa shape index (κ1) is 14.3. The van der Waals surface area contributed by atoms with E-state index in [1.807, 2.05) is 32.0 Å². The maximum Gasteiger partial charge on any atom is 0.275 e. The second-order valence-corrected chi connectivity index (χ2v) is 5.65. The summed E-state index contributed by atoms with van der Waals surface area (Å²) in [5.74, 6) is -0.171. The van der Waals surface area contributed by atoms with Gasteiger partial charge in [0.25, 0.3) is 11.8 Å². The van der Waals surface area contributed by atoms with Crippen LogP contribution in [0, 0.1) is 13.8 Å². The summed E-state index contributed by atoms with van der Waals surface area (Å²) in [6, 6.07) is 7.83. The van der Waals surface area contributed by atoms with E-state index in [0.29, 0.717) is 17.0 Å². The standard InChI is InChI=1S/C17H17N3O2/c1-9-5-6-14-13(7-9)10(2)8-15(18-14)19-20-16(21)11(3)12(4)17(20)22/h5-8H,1-4H3,(H,18,19). The predicted molar refractivity (Wildman–Crippen MR) is 85.1 cm³/mol. The minimum absolute atomic E-state index is 0.328. The molecular weight excluding hydrogens is 278 g/mol. The van der Waals surface area contributed by atoms with Gasteiger partial charge in [-0.15, -0.1) is 0 Å². The second-order valence-electron chi connectivity index (χ2n) is 5.65. The number of anilines is 1. The molecule has 1 aromatic carbocycles. The quantitative estimate of drug-likeness (QED) is 0.865. The number of aryl methyl sites for hydroxylation is 2. The van der Waals surface area contributed by atoms with E-state index in [2.05, 4.69) is 16.5 Å². The van der Waals surface area contributed by atoms with Gasteiger partial charge in [0.15, 0.2) is 0 Å². The van der Waals surface area contributed by atoms with Gasteiger partial charge in [0.2, 0.25) is 0 Å². The summed E-state index contributed by atoms with van der Waals surface area (Å²) in [5.41, 5.74) is 6.79. The molecule has 0 unspecified atom stereocenters. The Morgan fingerprint density at radius 1 is 0.955 bits per heavy atom. The van der Waals surface area contributed by atoms with Gasteiger partial charge in [0.1, 0.15) is 5.82 Å². The smallest absolute Gasteiger partial charge is 0.271 e. The first-order valence-electron chi connectivity index (χ1n) is 7.09. The zero-order valence-electron chi connectivity index (χ0n) is 13.0. The fraction of sp³-hybridized carbons (Fsp3) is 0.235. The molecule has 0 saturated heterocycles. The third kappa shape index (κ3) is 2.15. The number of aromatic nitrogens is 1. The summed E-state index contributed by atoms with van der Waals surface area (Å²) in [5, 5.41) is 2.09. The van der Waals surface area contributed by atoms with Crippen molar-refractivity contribution in [2.75, 3.05) is 5.43 Å². The molecule has 0 saturated carbocycles. The fourth-order valence-corrected chi connectivity index (χ4v) is 2.53. The number of rotatable bonds is 2. The molecule has 5 heteroatoms. The Labute approximate surface area is 128 Å². The minimum Gasteiger partial charge on any atom is -0.271 e. The summed E-state index contributed by atoms with van der Waals surface area (Å²) in [4.78, 5) is 28.6. The van der Waals surface area contributed by atoms with Crippen molar-refractivity contribution in [2.24, 2.45) is 0 Å². The van der Waals surface area contributed by atoms with Gasteiger partial charge in [-0.2, -0.15) is 5.01 Å². The molecule has 1 N–H and O–H groups in total. The first-order valence-corrected chi connectivity index (χ1v) is 7.09. The van der Waals surface area contributed by atoms with E-state index in [1.165, 1.54) is 5.56 Å². The third-order valence-electron chi connectivity index (χ3n) is 4.01. The molecule has 0 fully saturated rings. The summed E-state index contributed by atoms with van der Waals surface area (Å²) in [6.45, 7) is 7.32. The van der Waals surface area contributed by atoms with Crippen molar-refractivity contribution >= 4 is 28.5 Å². The van der Waals surface area contributed by atoms with Gasteiger partial charge in [-0.3, -0.25) is 15.0 Å². The van der Waals surface area contributed by atoms with Crippen LogP contribution in [0.25, 0.3) is 10.9 Å². The Balaban J connectivity index is 1.98. The highest BCUT2D eigenvalue weighted by atomic mass is 16.2. The molecule has 0 spiro atoms. The van der Waals surface area contributed by atoms with Crippen molar-refractivity contribution in [1.82, 2.24) is 9.99 Å². The van der Waals surface area contributed by atoms with Crippen LogP contribution in [0.15, 0.2) is 35.4 Å². The van der Waals surface area contributed by atoms with E-state index >= 15 is 0 Å². The van der Waals surface area contributed by atoms with Crippen LogP contribution in [0.4, 0.5) is 5.82 Å². The van der Waals surface area contributed by atoms with Crippen molar-refractivity contribution in [3.8, 4) is 0 Å². The molecule has 1 aliphatic heterocycles. The molecule has 0 atom stereocenters. The van der Waals surface area contributed by atoms with Gasteiger partial charge in [-0.25, -0.2) is 4.98 Å². The normalized spacial score (nSPS) is 15.2. The first-order chi connectivity index (χ1) is 10.4. The Kier molecular flexibility index (Phi) is 3.20. The van der Waals surface area contributed by atoms with Crippen molar-refractivity contribution < 1.29 is 9.59 Å². The number of amides is 2. The zero-order chi connectivity index (χ0) is 16.0. The summed E-state index contributed by atoms with van der Waals surface area (Å²) in [6.07, 6.45) is 0. The van der Waals surface area contributed by atoms with Crippen molar-refractivity contribution in [3.63, 3.8) is 0 Å². The number of imide groups is 1. The number of benzene rings is 1. The number of carbonyl (C=O) groups is 2. The Morgan fingerprint density at radius 3 is 2.23 bits per heavy atom. The van der Waals surface area contributed by atoms with Crippen LogP contribution in [0.3, 0.4) is 0 Å². The summed E-state index contributed by atoms with van der Waals surface area (Å²) in [7, 11) is 0. The Morgan fingerprint density at radius 2 is 1.59 bits per heavy atom. The highest BCUT2D eigenvalue weighted by Crippen LogP contribution is 2.24. The fourth-order valence-electron chi connectivity index (χ4n) is 2.53. The molecule has 2 heterocycles. The van der Waals surface area contributed by atoms with E-state index < -0.39 is 0 Å². The molecule has 1 aliphatic rings. The number of fused-ring (bicyclic) bond motifs is 1. The molecule has 0 aliphatic carbocycles. The minimum atomic E-state index is -0.328. The number of carbonyl (C=O) groups excluding carboxylic acids is 2. The van der Waals surface area contributed by atoms with E-state index in [0.717, 1.165) is 21.5 Å². The molecule has 22 heavy (non-hydrogen) atoms. The third-order valence-corrected chi connectivity index (χ3v) is 4.01. The van der Waals surface area contributed by atoms with Gasteiger partial charge in [0, 0.05) is 16.5 Å². The van der Waals surface area contributed by atoms with Crippen molar-refractivity contribution in [1.29, 1.82) is 0 Å². The van der Waals surface area contributed by atoms with Crippen LogP contribution in [0.2, 0.25) is 0 Å². The molecule has 2 aromatic rings. The largest absolute Gasteiger partial charge is 0.275 e. The number of pyridine rings is 1. The van der Waals surface area contributed by atoms with Gasteiger partial charge < -0.3 is 0 Å². The highest BCUT2D eigenvalue weighted by Gasteiger charge is 2.33. The lowest BCUT2D eigenvalue weighted by atomic mass is 10.1. The lowest BCUT2D eigenvalue weighted by molar-refractivity contribution is -0.135. The summed E-state index contributed by atoms with van der Waals surface area (Å²) < 4.78 is 0. The topological polar surface area (TPSA) is 62.3 Å². The zero-order valence-corrected chi connectivity index (χ0v) is 13.0. The highest BCUT2D eigenvalue weighted by molar-refractivity contribution is 6.19. The maximum absolute atomic E-state index is 12.1. The van der Waals surface area contributed by atoms with Crippen LogP contribution in [0.5, 0.6) is 0 Å². The molecule has 0 bridgehead atoms. The van der Waals surface area contributed by atoms with E-state index in [-0.39, 0.29) is 11.8 Å². The average Bonchev–Trinajstić information content (AvgIpc) is 2.66. The number of hydrogen-bond donors (Lipinski definition) is 1. The van der Waals surface area contributed by atoms with E-state index in [4.69, 9.17) is 0 Å². The Bertz CT molecular complexity index is 828. The molecule has 112 valence electrons. The SMILES string of the molecule is CC1=C(C)C(=O)N(Nc2cc(C)c3cc(C)ccc3n2)C1=O. The monoisotopic (exact) mass is 295 g/mol. The Hall–Kier alpha value is -2.69. The van der Waals surface area contributed by atoms with E-state index in [9.17, 15) is 9.59 Å². The number of nitrogens with zero attached hydrogens (tertiary/aromatic N) is 2. The van der Waals surface area contributed by atoms with Gasteiger partial charge >= 0.3 is 0 Å². The lowest BCUT2D eigenvalue weighted by Gasteiger charge is -2.17. The molecule has 2 amide bonds. The molecular formula is C17H17N3O2. The van der Waals surface area contributed by atoms with Crippen LogP contribution >= 0.6 is 0 Å². The lowest BCUT2D eigenvalue weighted by Crippen LogP contribution is -2.37. The molecule has 5 nitrogen and oxygen atoms in total. The summed E-state index contributed by atoms with van der Waals surface area (Å²) >= 11 is 0. The molecule has 3 rings (SSSR count). The molecule has 0 radical (unpaired) electrons. The van der Waals surface area contributed by atoms with Crippen LogP contribution in [-0.4, -0.2) is 21.8 Å². The van der Waals surface area contributed by atoms with Gasteiger partial charge in [0.05, 0.1) is 5.52 Å². The van der Waals surface area contributed by atoms with Crippen molar-refractivity contribution in [2.45, 2.75) is 27.7 Å². The molecule has 1 aromatic heterocycles. The number of hydrazine groups is 1. The maximum atomic E-state index is 12.1. The van der Waals surface area contributed by atoms with Crippen LogP contribution in [-0.2, 0) is 9.59 Å². The van der Waals surface area contributed by atoms with Gasteiger partial charge in [-0.1, -0.05) is 11.6 Å². The van der Waals surface area contributed by atoms with Crippen molar-refractivity contribution in [3.05, 3.63) is 46.5 Å². The predicted octanol–water partition coefficient (Wildman–Crippen LogP) is 2.88.